The molecule has 0 saturated carbocycles. The number of ether oxygens (including phenoxy) is 1. The van der Waals surface area contributed by atoms with Crippen LogP contribution < -0.4 is 10.6 Å². The van der Waals surface area contributed by atoms with Crippen molar-refractivity contribution in [2.24, 2.45) is 5.92 Å². The molecule has 0 aliphatic rings. The zero-order valence-electron chi connectivity index (χ0n) is 13.3. The van der Waals surface area contributed by atoms with E-state index in [2.05, 4.69) is 18.6 Å². The molecule has 0 aliphatic carbocycles. The fraction of sp³-hybridized carbons (Fsp3) is 0.562. The molecule has 0 saturated heterocycles. The minimum Gasteiger partial charge on any atom is -0.465 e. The van der Waals surface area contributed by atoms with Gasteiger partial charge in [-0.15, -0.1) is 0 Å². The molecule has 0 spiro atoms. The van der Waals surface area contributed by atoms with Gasteiger partial charge in [0.15, 0.2) is 0 Å². The number of carbonyl (C=O) groups excluding carboxylic acids is 1. The number of nitrogens with two attached hydrogens (primary N) is 1. The molecule has 0 bridgehead atoms. The molecule has 0 unspecified atom stereocenters. The van der Waals surface area contributed by atoms with Crippen molar-refractivity contribution in [3.8, 4) is 0 Å². The number of esters is 1. The van der Waals surface area contributed by atoms with Crippen molar-refractivity contribution >= 4 is 17.3 Å². The Balaban J connectivity index is 3.16. The number of benzene rings is 1. The quantitative estimate of drug-likeness (QED) is 0.618. The first kappa shape index (κ1) is 17.3. The van der Waals surface area contributed by atoms with Gasteiger partial charge in [0.05, 0.1) is 18.4 Å². The molecule has 0 amide bonds. The average Bonchev–Trinajstić information content (AvgIpc) is 2.49. The summed E-state index contributed by atoms with van der Waals surface area (Å²) in [4.78, 5) is 13.6. The van der Waals surface area contributed by atoms with Crippen molar-refractivity contribution < 1.29 is 13.9 Å². The summed E-state index contributed by atoms with van der Waals surface area (Å²) >= 11 is 0. The maximum absolute atomic E-state index is 14.2. The molecule has 0 aromatic heterocycles. The first-order valence-corrected chi connectivity index (χ1v) is 7.40. The van der Waals surface area contributed by atoms with E-state index in [0.717, 1.165) is 19.4 Å². The Morgan fingerprint density at radius 1 is 1.33 bits per heavy atom. The maximum Gasteiger partial charge on any atom is 0.340 e. The molecule has 21 heavy (non-hydrogen) atoms. The molecule has 1 aromatic rings. The molecule has 0 atom stereocenters. The maximum atomic E-state index is 14.2. The summed E-state index contributed by atoms with van der Waals surface area (Å²) in [7, 11) is 1.28. The van der Waals surface area contributed by atoms with Crippen LogP contribution in [-0.2, 0) is 4.74 Å². The monoisotopic (exact) mass is 296 g/mol. The Morgan fingerprint density at radius 2 is 1.95 bits per heavy atom. The molecule has 4 nitrogen and oxygen atoms in total. The zero-order valence-corrected chi connectivity index (χ0v) is 13.3. The average molecular weight is 296 g/mol. The van der Waals surface area contributed by atoms with Crippen LogP contribution in [0.4, 0.5) is 15.8 Å². The first-order chi connectivity index (χ1) is 9.98. The first-order valence-electron chi connectivity index (χ1n) is 7.40. The normalized spacial score (nSPS) is 10.8. The lowest BCUT2D eigenvalue weighted by Crippen LogP contribution is -2.30. The Bertz CT molecular complexity index is 487. The van der Waals surface area contributed by atoms with E-state index >= 15 is 0 Å². The fourth-order valence-corrected chi connectivity index (χ4v) is 2.36. The van der Waals surface area contributed by atoms with Crippen LogP contribution in [0, 0.1) is 11.7 Å². The smallest absolute Gasteiger partial charge is 0.340 e. The van der Waals surface area contributed by atoms with Gasteiger partial charge in [-0.05, 0) is 25.0 Å². The highest BCUT2D eigenvalue weighted by atomic mass is 19.1. The predicted octanol–water partition coefficient (Wildman–Crippen LogP) is 3.46. The SMILES string of the molecule is CCC(CC)CN(CC)c1cc(C(=O)OC)c(N)cc1F. The number of halogens is 1. The number of hydrogen-bond acceptors (Lipinski definition) is 4. The largest absolute Gasteiger partial charge is 0.465 e. The van der Waals surface area contributed by atoms with Crippen LogP contribution in [0.5, 0.6) is 0 Å². The van der Waals surface area contributed by atoms with Crippen LogP contribution in [-0.4, -0.2) is 26.2 Å². The second kappa shape index (κ2) is 7.86. The summed E-state index contributed by atoms with van der Waals surface area (Å²) in [5.41, 5.74) is 6.41. The zero-order chi connectivity index (χ0) is 16.0. The third-order valence-corrected chi connectivity index (χ3v) is 3.88. The highest BCUT2D eigenvalue weighted by Crippen LogP contribution is 2.27. The summed E-state index contributed by atoms with van der Waals surface area (Å²) in [5, 5.41) is 0. The van der Waals surface area contributed by atoms with Gasteiger partial charge in [0, 0.05) is 18.8 Å². The molecule has 0 radical (unpaired) electrons. The number of carbonyl (C=O) groups is 1. The minimum absolute atomic E-state index is 0.0988. The minimum atomic E-state index is -0.549. The second-order valence-electron chi connectivity index (χ2n) is 5.10. The van der Waals surface area contributed by atoms with Crippen LogP contribution >= 0.6 is 0 Å². The molecule has 0 fully saturated rings. The Hall–Kier alpha value is -1.78. The second-order valence-corrected chi connectivity index (χ2v) is 5.10. The number of methoxy groups -OCH3 is 1. The van der Waals surface area contributed by atoms with Gasteiger partial charge >= 0.3 is 5.97 Å². The van der Waals surface area contributed by atoms with Crippen molar-refractivity contribution in [2.45, 2.75) is 33.6 Å². The van der Waals surface area contributed by atoms with Crippen molar-refractivity contribution in [3.63, 3.8) is 0 Å². The Kier molecular flexibility index (Phi) is 6.46. The van der Waals surface area contributed by atoms with Crippen LogP contribution in [0.3, 0.4) is 0 Å². The van der Waals surface area contributed by atoms with Gasteiger partial charge < -0.3 is 15.4 Å². The van der Waals surface area contributed by atoms with E-state index in [1.54, 1.807) is 0 Å². The van der Waals surface area contributed by atoms with Crippen molar-refractivity contribution in [3.05, 3.63) is 23.5 Å². The van der Waals surface area contributed by atoms with Gasteiger partial charge in [-0.2, -0.15) is 0 Å². The predicted molar refractivity (Wildman–Crippen MR) is 84.1 cm³/mol. The molecular formula is C16H25FN2O2. The lowest BCUT2D eigenvalue weighted by Gasteiger charge is -2.28. The van der Waals surface area contributed by atoms with E-state index in [4.69, 9.17) is 5.73 Å². The van der Waals surface area contributed by atoms with Gasteiger partial charge in [-0.3, -0.25) is 0 Å². The number of nitrogen functional groups attached to an aromatic ring is 1. The van der Waals surface area contributed by atoms with E-state index in [0.29, 0.717) is 18.2 Å². The molecule has 1 rings (SSSR count). The third-order valence-electron chi connectivity index (χ3n) is 3.88. The van der Waals surface area contributed by atoms with E-state index in [1.165, 1.54) is 19.2 Å². The highest BCUT2D eigenvalue weighted by molar-refractivity contribution is 5.96. The summed E-state index contributed by atoms with van der Waals surface area (Å²) in [5.74, 6) is -0.469. The molecule has 1 aromatic carbocycles. The van der Waals surface area contributed by atoms with E-state index in [9.17, 15) is 9.18 Å². The molecule has 0 aliphatic heterocycles. The third kappa shape index (κ3) is 4.09. The molecule has 2 N–H and O–H groups in total. The highest BCUT2D eigenvalue weighted by Gasteiger charge is 2.19. The lowest BCUT2D eigenvalue weighted by atomic mass is 10.0. The number of anilines is 2. The Morgan fingerprint density at radius 3 is 2.43 bits per heavy atom. The van der Waals surface area contributed by atoms with Crippen molar-refractivity contribution in [2.75, 3.05) is 30.8 Å². The van der Waals surface area contributed by atoms with Crippen molar-refractivity contribution in [1.29, 1.82) is 0 Å². The molecule has 118 valence electrons. The molecule has 0 heterocycles. The van der Waals surface area contributed by atoms with Crippen molar-refractivity contribution in [1.82, 2.24) is 0 Å². The van der Waals surface area contributed by atoms with Gasteiger partial charge in [-0.1, -0.05) is 26.7 Å². The van der Waals surface area contributed by atoms with Gasteiger partial charge in [-0.25, -0.2) is 9.18 Å². The number of rotatable bonds is 7. The number of hydrogen-bond donors (Lipinski definition) is 1. The lowest BCUT2D eigenvalue weighted by molar-refractivity contribution is 0.0602. The van der Waals surface area contributed by atoms with Gasteiger partial charge in [0.2, 0.25) is 0 Å². The summed E-state index contributed by atoms with van der Waals surface area (Å²) in [6.07, 6.45) is 2.07. The summed E-state index contributed by atoms with van der Waals surface area (Å²) < 4.78 is 18.9. The van der Waals surface area contributed by atoms with Crippen LogP contribution in [0.2, 0.25) is 0 Å². The van der Waals surface area contributed by atoms with E-state index < -0.39 is 11.8 Å². The standard InChI is InChI=1S/C16H25FN2O2/c1-5-11(6-2)10-19(7-3)15-8-12(16(20)21-4)14(18)9-13(15)17/h8-9,11H,5-7,10,18H2,1-4H3. The van der Waals surface area contributed by atoms with Gasteiger partial charge in [0.25, 0.3) is 0 Å². The number of nitrogens with zero attached hydrogens (tertiary/aromatic N) is 1. The molecular weight excluding hydrogens is 271 g/mol. The fourth-order valence-electron chi connectivity index (χ4n) is 2.36. The van der Waals surface area contributed by atoms with Gasteiger partial charge in [0.1, 0.15) is 5.82 Å². The van der Waals surface area contributed by atoms with Crippen LogP contribution in [0.1, 0.15) is 44.0 Å². The summed E-state index contributed by atoms with van der Waals surface area (Å²) in [6, 6.07) is 2.68. The van der Waals surface area contributed by atoms with E-state index in [1.807, 2.05) is 11.8 Å². The summed E-state index contributed by atoms with van der Waals surface area (Å²) in [6.45, 7) is 7.64. The molecule has 5 heteroatoms. The van der Waals surface area contributed by atoms with E-state index in [-0.39, 0.29) is 11.3 Å². The Labute approximate surface area is 126 Å². The van der Waals surface area contributed by atoms with Crippen LogP contribution in [0.15, 0.2) is 12.1 Å². The van der Waals surface area contributed by atoms with Crippen LogP contribution in [0.25, 0.3) is 0 Å². The topological polar surface area (TPSA) is 55.6 Å².